The van der Waals surface area contributed by atoms with E-state index in [0.29, 0.717) is 0 Å². The molecule has 0 N–H and O–H groups in total. The van der Waals surface area contributed by atoms with Gasteiger partial charge in [-0.25, -0.2) is 0 Å². The molecular formula is C62H41NO. The predicted octanol–water partition coefficient (Wildman–Crippen LogP) is 17.6. The molecule has 11 aromatic rings. The smallest absolute Gasteiger partial charge is 0.135 e. The lowest BCUT2D eigenvalue weighted by Gasteiger charge is -2.29. The molecular weight excluding hydrogens is 775 g/mol. The second-order valence-electron chi connectivity index (χ2n) is 16.5. The first kappa shape index (κ1) is 37.3. The SMILES string of the molecule is c1ccc(-c2ccc(-c3ccc(N(c4ccc(-c5ccc(-c6cccc7ccccc67)cc5)cc4)c4ccccc4-c4cc5c6c(cccc6c4)Oc4ccccc4-5)cc3)cc2)cc1. The summed E-state index contributed by atoms with van der Waals surface area (Å²) >= 11 is 0. The summed E-state index contributed by atoms with van der Waals surface area (Å²) in [5.41, 5.74) is 17.4. The van der Waals surface area contributed by atoms with Gasteiger partial charge in [0.15, 0.2) is 0 Å². The van der Waals surface area contributed by atoms with E-state index in [-0.39, 0.29) is 0 Å². The zero-order valence-corrected chi connectivity index (χ0v) is 35.0. The minimum absolute atomic E-state index is 0.882. The van der Waals surface area contributed by atoms with Gasteiger partial charge in [0.05, 0.1) is 5.69 Å². The molecule has 1 heterocycles. The lowest BCUT2D eigenvalue weighted by Crippen LogP contribution is -2.11. The number of anilines is 3. The third-order valence-electron chi connectivity index (χ3n) is 12.7. The van der Waals surface area contributed by atoms with E-state index in [1.807, 2.05) is 6.07 Å². The Hall–Kier alpha value is -8.46. The molecule has 1 aliphatic rings. The van der Waals surface area contributed by atoms with Gasteiger partial charge in [-0.1, -0.05) is 194 Å². The van der Waals surface area contributed by atoms with Crippen LogP contribution in [0.4, 0.5) is 17.1 Å². The van der Waals surface area contributed by atoms with Crippen LogP contribution in [0.2, 0.25) is 0 Å². The Bertz CT molecular complexity index is 3480. The Morgan fingerprint density at radius 1 is 0.266 bits per heavy atom. The number of ether oxygens (including phenoxy) is 1. The van der Waals surface area contributed by atoms with E-state index in [1.165, 1.54) is 60.8 Å². The lowest BCUT2D eigenvalue weighted by molar-refractivity contribution is 0.487. The van der Waals surface area contributed by atoms with E-state index < -0.39 is 0 Å². The number of nitrogens with zero attached hydrogens (tertiary/aromatic N) is 1. The molecule has 0 unspecified atom stereocenters. The molecule has 0 radical (unpaired) electrons. The third kappa shape index (κ3) is 6.70. The molecule has 64 heavy (non-hydrogen) atoms. The van der Waals surface area contributed by atoms with Crippen LogP contribution in [0, 0.1) is 0 Å². The Morgan fingerprint density at radius 2 is 0.734 bits per heavy atom. The molecule has 1 aliphatic heterocycles. The van der Waals surface area contributed by atoms with Crippen molar-refractivity contribution < 1.29 is 4.74 Å². The van der Waals surface area contributed by atoms with Crippen LogP contribution in [-0.2, 0) is 0 Å². The van der Waals surface area contributed by atoms with E-state index in [2.05, 4.69) is 248 Å². The predicted molar refractivity (Wildman–Crippen MR) is 269 cm³/mol. The van der Waals surface area contributed by atoms with Crippen molar-refractivity contribution in [3.05, 3.63) is 249 Å². The molecule has 0 atom stereocenters. The maximum Gasteiger partial charge on any atom is 0.135 e. The fourth-order valence-corrected chi connectivity index (χ4v) is 9.49. The minimum atomic E-state index is 0.882. The van der Waals surface area contributed by atoms with Gasteiger partial charge in [0.25, 0.3) is 0 Å². The van der Waals surface area contributed by atoms with Gasteiger partial charge in [0.2, 0.25) is 0 Å². The van der Waals surface area contributed by atoms with Gasteiger partial charge in [-0.2, -0.15) is 0 Å². The van der Waals surface area contributed by atoms with Gasteiger partial charge in [0, 0.05) is 27.9 Å². The van der Waals surface area contributed by atoms with Crippen LogP contribution in [0.3, 0.4) is 0 Å². The van der Waals surface area contributed by atoms with Crippen molar-refractivity contribution in [3.63, 3.8) is 0 Å². The van der Waals surface area contributed by atoms with Crippen molar-refractivity contribution in [1.82, 2.24) is 0 Å². The number of benzene rings is 11. The first-order valence-corrected chi connectivity index (χ1v) is 21.9. The van der Waals surface area contributed by atoms with Crippen molar-refractivity contribution in [3.8, 4) is 78.3 Å². The van der Waals surface area contributed by atoms with Gasteiger partial charge in [0.1, 0.15) is 11.5 Å². The van der Waals surface area contributed by atoms with Crippen molar-refractivity contribution in [1.29, 1.82) is 0 Å². The molecule has 2 nitrogen and oxygen atoms in total. The molecule has 0 saturated carbocycles. The standard InChI is InChI=1S/C62H41NO/c1-2-12-42(13-3-1)43-24-26-44(27-25-43)46-32-36-52(37-33-46)63(53-38-34-47(35-39-53)45-28-30-49(31-29-45)55-20-10-15-48-14-4-5-17-54(48)55)59-21-8-6-18-56(59)51-40-50-16-11-23-61-62(50)58(41-51)57-19-7-9-22-60(57)64-61/h1-41H. The summed E-state index contributed by atoms with van der Waals surface area (Å²) in [6, 6.07) is 89.7. The van der Waals surface area contributed by atoms with E-state index in [4.69, 9.17) is 4.74 Å². The molecule has 0 aliphatic carbocycles. The van der Waals surface area contributed by atoms with Crippen LogP contribution in [-0.4, -0.2) is 0 Å². The molecule has 300 valence electrons. The first-order valence-electron chi connectivity index (χ1n) is 21.9. The zero-order chi connectivity index (χ0) is 42.4. The average Bonchev–Trinajstić information content (AvgIpc) is 3.37. The number of hydrogen-bond acceptors (Lipinski definition) is 2. The molecule has 2 heteroatoms. The maximum absolute atomic E-state index is 6.42. The molecule has 0 aromatic heterocycles. The number of fused-ring (bicyclic) bond motifs is 3. The topological polar surface area (TPSA) is 12.5 Å². The lowest BCUT2D eigenvalue weighted by atomic mass is 9.90. The maximum atomic E-state index is 6.42. The number of rotatable bonds is 8. The Balaban J connectivity index is 0.945. The van der Waals surface area contributed by atoms with E-state index in [1.54, 1.807) is 0 Å². The Labute approximate surface area is 373 Å². The van der Waals surface area contributed by atoms with Gasteiger partial charge in [-0.15, -0.1) is 0 Å². The first-order chi connectivity index (χ1) is 31.7. The molecule has 0 bridgehead atoms. The highest BCUT2D eigenvalue weighted by atomic mass is 16.5. The van der Waals surface area contributed by atoms with Crippen LogP contribution in [0.5, 0.6) is 11.5 Å². The highest BCUT2D eigenvalue weighted by molar-refractivity contribution is 6.07. The molecule has 0 spiro atoms. The van der Waals surface area contributed by atoms with Crippen LogP contribution in [0.1, 0.15) is 0 Å². The minimum Gasteiger partial charge on any atom is -0.456 e. The largest absolute Gasteiger partial charge is 0.456 e. The van der Waals surface area contributed by atoms with Gasteiger partial charge in [-0.05, 0) is 126 Å². The van der Waals surface area contributed by atoms with Crippen molar-refractivity contribution in [2.75, 3.05) is 4.90 Å². The van der Waals surface area contributed by atoms with E-state index in [9.17, 15) is 0 Å². The van der Waals surface area contributed by atoms with Crippen LogP contribution in [0.25, 0.3) is 88.3 Å². The van der Waals surface area contributed by atoms with Crippen LogP contribution in [0.15, 0.2) is 249 Å². The van der Waals surface area contributed by atoms with Gasteiger partial charge < -0.3 is 9.64 Å². The van der Waals surface area contributed by atoms with Crippen molar-refractivity contribution in [2.45, 2.75) is 0 Å². The normalized spacial score (nSPS) is 11.6. The summed E-state index contributed by atoms with van der Waals surface area (Å²) in [7, 11) is 0. The third-order valence-corrected chi connectivity index (χ3v) is 12.7. The fraction of sp³-hybridized carbons (Fsp3) is 0. The average molecular weight is 816 g/mol. The molecule has 0 saturated heterocycles. The second kappa shape index (κ2) is 15.8. The summed E-state index contributed by atoms with van der Waals surface area (Å²) < 4.78 is 6.42. The summed E-state index contributed by atoms with van der Waals surface area (Å²) in [6.45, 7) is 0. The second-order valence-corrected chi connectivity index (χ2v) is 16.5. The van der Waals surface area contributed by atoms with Crippen molar-refractivity contribution in [2.24, 2.45) is 0 Å². The fourth-order valence-electron chi connectivity index (χ4n) is 9.49. The van der Waals surface area contributed by atoms with Crippen molar-refractivity contribution >= 4 is 38.6 Å². The molecule has 0 amide bonds. The van der Waals surface area contributed by atoms with Gasteiger partial charge in [-0.3, -0.25) is 0 Å². The number of para-hydroxylation sites is 2. The number of hydrogen-bond donors (Lipinski definition) is 0. The summed E-state index contributed by atoms with van der Waals surface area (Å²) in [4.78, 5) is 2.40. The highest BCUT2D eigenvalue weighted by Crippen LogP contribution is 2.50. The highest BCUT2D eigenvalue weighted by Gasteiger charge is 2.23. The zero-order valence-electron chi connectivity index (χ0n) is 35.0. The monoisotopic (exact) mass is 815 g/mol. The molecule has 12 rings (SSSR count). The Morgan fingerprint density at radius 3 is 1.42 bits per heavy atom. The summed E-state index contributed by atoms with van der Waals surface area (Å²) in [5, 5.41) is 4.82. The van der Waals surface area contributed by atoms with Crippen LogP contribution < -0.4 is 9.64 Å². The quantitative estimate of drug-likeness (QED) is 0.151. The molecule has 11 aromatic carbocycles. The van der Waals surface area contributed by atoms with E-state index >= 15 is 0 Å². The Kier molecular flexibility index (Phi) is 9.20. The van der Waals surface area contributed by atoms with E-state index in [0.717, 1.165) is 56.0 Å². The summed E-state index contributed by atoms with van der Waals surface area (Å²) in [5.74, 6) is 1.78. The molecule has 0 fully saturated rings. The van der Waals surface area contributed by atoms with Crippen LogP contribution >= 0.6 is 0 Å². The van der Waals surface area contributed by atoms with Gasteiger partial charge >= 0.3 is 0 Å². The summed E-state index contributed by atoms with van der Waals surface area (Å²) in [6.07, 6.45) is 0.